The second kappa shape index (κ2) is 8.75. The van der Waals surface area contributed by atoms with Crippen LogP contribution >= 0.6 is 0 Å². The monoisotopic (exact) mass is 375 g/mol. The van der Waals surface area contributed by atoms with Crippen molar-refractivity contribution in [3.8, 4) is 0 Å². The number of nitrogens with zero attached hydrogens (tertiary/aromatic N) is 5. The Morgan fingerprint density at radius 2 is 1.96 bits per heavy atom. The van der Waals surface area contributed by atoms with Gasteiger partial charge in [0.05, 0.1) is 11.3 Å². The predicted molar refractivity (Wildman–Crippen MR) is 101 cm³/mol. The number of carbonyl (C=O) groups excluding carboxylic acids is 1. The first-order chi connectivity index (χ1) is 13.0. The molecule has 2 fully saturated rings. The summed E-state index contributed by atoms with van der Waals surface area (Å²) in [6.45, 7) is 7.17. The third-order valence-corrected chi connectivity index (χ3v) is 5.86. The lowest BCUT2D eigenvalue weighted by molar-refractivity contribution is -0.137. The lowest BCUT2D eigenvalue weighted by Crippen LogP contribution is -2.57. The Kier molecular flexibility index (Phi) is 6.38. The van der Waals surface area contributed by atoms with E-state index in [9.17, 15) is 9.59 Å². The van der Waals surface area contributed by atoms with Gasteiger partial charge in [0, 0.05) is 57.9 Å². The highest BCUT2D eigenvalue weighted by Gasteiger charge is 2.36. The summed E-state index contributed by atoms with van der Waals surface area (Å²) in [5.74, 6) is -0.653. The quantitative estimate of drug-likeness (QED) is 0.811. The highest BCUT2D eigenvalue weighted by Crippen LogP contribution is 2.28. The highest BCUT2D eigenvalue weighted by atomic mass is 16.4. The van der Waals surface area contributed by atoms with E-state index >= 15 is 0 Å². The number of aryl methyl sites for hydroxylation is 1. The Balaban J connectivity index is 1.71. The van der Waals surface area contributed by atoms with Gasteiger partial charge in [0.1, 0.15) is 6.33 Å². The van der Waals surface area contributed by atoms with Crippen LogP contribution in [0.3, 0.4) is 0 Å². The number of rotatable bonds is 5. The largest absolute Gasteiger partial charge is 0.481 e. The zero-order chi connectivity index (χ0) is 19.4. The molecule has 8 nitrogen and oxygen atoms in total. The fraction of sp³-hybridized carbons (Fsp3) is 0.684. The summed E-state index contributed by atoms with van der Waals surface area (Å²) in [6.07, 6.45) is 4.64. The van der Waals surface area contributed by atoms with Crippen LogP contribution in [0.15, 0.2) is 12.5 Å². The van der Waals surface area contributed by atoms with Gasteiger partial charge < -0.3 is 14.9 Å². The molecular weight excluding hydrogens is 346 g/mol. The fourth-order valence-corrected chi connectivity index (χ4v) is 4.20. The number of aliphatic carboxylic acids is 1. The van der Waals surface area contributed by atoms with Crippen LogP contribution in [0.2, 0.25) is 0 Å². The maximum absolute atomic E-state index is 12.9. The van der Waals surface area contributed by atoms with Crippen molar-refractivity contribution in [3.05, 3.63) is 23.8 Å². The number of likely N-dealkylation sites (tertiary alicyclic amines) is 1. The molecule has 8 heteroatoms. The van der Waals surface area contributed by atoms with Crippen LogP contribution in [0, 0.1) is 12.8 Å². The van der Waals surface area contributed by atoms with Crippen LogP contribution in [0.4, 0.5) is 0 Å². The molecule has 3 rings (SSSR count). The van der Waals surface area contributed by atoms with Crippen molar-refractivity contribution in [1.82, 2.24) is 24.7 Å². The van der Waals surface area contributed by atoms with Crippen LogP contribution in [0.1, 0.15) is 35.3 Å². The molecule has 1 N–H and O–H groups in total. The maximum atomic E-state index is 12.9. The molecule has 148 valence electrons. The zero-order valence-electron chi connectivity index (χ0n) is 16.2. The van der Waals surface area contributed by atoms with Gasteiger partial charge in [-0.15, -0.1) is 0 Å². The molecule has 0 aliphatic carbocycles. The number of hydrogen-bond donors (Lipinski definition) is 1. The van der Waals surface area contributed by atoms with Crippen LogP contribution < -0.4 is 0 Å². The third kappa shape index (κ3) is 4.81. The van der Waals surface area contributed by atoms with E-state index in [1.807, 2.05) is 11.8 Å². The van der Waals surface area contributed by atoms with Crippen LogP contribution in [-0.4, -0.2) is 94.0 Å². The van der Waals surface area contributed by atoms with Gasteiger partial charge in [-0.1, -0.05) is 0 Å². The lowest BCUT2D eigenvalue weighted by atomic mass is 9.86. The lowest BCUT2D eigenvalue weighted by Gasteiger charge is -2.46. The van der Waals surface area contributed by atoms with Crippen molar-refractivity contribution in [3.63, 3.8) is 0 Å². The normalized spacial score (nSPS) is 24.7. The number of carboxylic acid groups (broad SMARTS) is 1. The van der Waals surface area contributed by atoms with E-state index in [0.29, 0.717) is 36.8 Å². The number of carbonyl (C=O) groups is 2. The SMILES string of the molecule is Cc1ncncc1C(=O)N1CC[C@@H](N2CCN(C)CC2)[C@@H](CCC(=O)O)C1. The van der Waals surface area contributed by atoms with Crippen molar-refractivity contribution in [2.24, 2.45) is 5.92 Å². The van der Waals surface area contributed by atoms with Gasteiger partial charge in [0.25, 0.3) is 5.91 Å². The van der Waals surface area contributed by atoms with Crippen molar-refractivity contribution in [2.75, 3.05) is 46.3 Å². The average molecular weight is 375 g/mol. The van der Waals surface area contributed by atoms with E-state index in [2.05, 4.69) is 26.8 Å². The van der Waals surface area contributed by atoms with Gasteiger partial charge in [-0.05, 0) is 32.7 Å². The molecule has 0 spiro atoms. The van der Waals surface area contributed by atoms with E-state index < -0.39 is 5.97 Å². The van der Waals surface area contributed by atoms with Gasteiger partial charge >= 0.3 is 5.97 Å². The number of carboxylic acids is 1. The molecule has 0 unspecified atom stereocenters. The average Bonchev–Trinajstić information content (AvgIpc) is 2.67. The molecule has 0 aromatic carbocycles. The minimum atomic E-state index is -0.775. The second-order valence-corrected chi connectivity index (χ2v) is 7.66. The Labute approximate surface area is 160 Å². The molecule has 2 saturated heterocycles. The number of piperazine rings is 1. The third-order valence-electron chi connectivity index (χ3n) is 5.86. The number of piperidine rings is 1. The molecule has 27 heavy (non-hydrogen) atoms. The van der Waals surface area contributed by atoms with Crippen LogP contribution in [0.5, 0.6) is 0 Å². The summed E-state index contributed by atoms with van der Waals surface area (Å²) in [7, 11) is 2.13. The Morgan fingerprint density at radius 3 is 2.63 bits per heavy atom. The molecule has 1 amide bonds. The Hall–Kier alpha value is -2.06. The van der Waals surface area contributed by atoms with E-state index in [-0.39, 0.29) is 18.2 Å². The number of amides is 1. The van der Waals surface area contributed by atoms with Gasteiger partial charge in [0.2, 0.25) is 0 Å². The van der Waals surface area contributed by atoms with Crippen molar-refractivity contribution in [2.45, 2.75) is 32.2 Å². The highest BCUT2D eigenvalue weighted by molar-refractivity contribution is 5.95. The molecule has 0 bridgehead atoms. The Bertz CT molecular complexity index is 675. The summed E-state index contributed by atoms with van der Waals surface area (Å²) in [5.41, 5.74) is 1.21. The van der Waals surface area contributed by atoms with E-state index in [1.165, 1.54) is 6.33 Å². The first kappa shape index (κ1) is 19.7. The summed E-state index contributed by atoms with van der Waals surface area (Å²) >= 11 is 0. The van der Waals surface area contributed by atoms with Crippen LogP contribution in [0.25, 0.3) is 0 Å². The number of hydrogen-bond acceptors (Lipinski definition) is 6. The molecule has 1 aromatic heterocycles. The molecular formula is C19H29N5O3. The fourth-order valence-electron chi connectivity index (χ4n) is 4.20. The van der Waals surface area contributed by atoms with Gasteiger partial charge in [-0.25, -0.2) is 9.97 Å². The smallest absolute Gasteiger partial charge is 0.303 e. The van der Waals surface area contributed by atoms with Gasteiger partial charge in [-0.3, -0.25) is 14.5 Å². The second-order valence-electron chi connectivity index (χ2n) is 7.66. The first-order valence-corrected chi connectivity index (χ1v) is 9.66. The number of aromatic nitrogens is 2. The topological polar surface area (TPSA) is 89.9 Å². The number of likely N-dealkylation sites (N-methyl/N-ethyl adjacent to an activating group) is 1. The predicted octanol–water partition coefficient (Wildman–Crippen LogP) is 0.728. The molecule has 3 heterocycles. The van der Waals surface area contributed by atoms with Crippen LogP contribution in [-0.2, 0) is 4.79 Å². The molecule has 0 saturated carbocycles. The molecule has 0 radical (unpaired) electrons. The van der Waals surface area contributed by atoms with E-state index in [1.54, 1.807) is 6.20 Å². The molecule has 2 aliphatic heterocycles. The van der Waals surface area contributed by atoms with Gasteiger partial charge in [-0.2, -0.15) is 0 Å². The van der Waals surface area contributed by atoms with E-state index in [0.717, 1.165) is 32.6 Å². The summed E-state index contributed by atoms with van der Waals surface area (Å²) in [4.78, 5) is 38.8. The summed E-state index contributed by atoms with van der Waals surface area (Å²) in [5, 5.41) is 9.15. The molecule has 2 atom stereocenters. The van der Waals surface area contributed by atoms with Crippen molar-refractivity contribution < 1.29 is 14.7 Å². The molecule has 1 aromatic rings. The Morgan fingerprint density at radius 1 is 1.22 bits per heavy atom. The summed E-state index contributed by atoms with van der Waals surface area (Å²) in [6, 6.07) is 0.343. The van der Waals surface area contributed by atoms with E-state index in [4.69, 9.17) is 5.11 Å². The maximum Gasteiger partial charge on any atom is 0.303 e. The van der Waals surface area contributed by atoms with Gasteiger partial charge in [0.15, 0.2) is 0 Å². The first-order valence-electron chi connectivity index (χ1n) is 9.66. The molecule has 2 aliphatic rings. The summed E-state index contributed by atoms with van der Waals surface area (Å²) < 4.78 is 0. The minimum Gasteiger partial charge on any atom is -0.481 e. The van der Waals surface area contributed by atoms with Crippen molar-refractivity contribution >= 4 is 11.9 Å². The standard InChI is InChI=1S/C19H29N5O3/c1-14-16(11-20-13-21-14)19(27)24-6-5-17(15(12-24)3-4-18(25)26)23-9-7-22(2)8-10-23/h11,13,15,17H,3-10,12H2,1-2H3,(H,25,26)/t15-,17+/m0/s1. The minimum absolute atomic E-state index is 0.0507. The zero-order valence-corrected chi connectivity index (χ0v) is 16.2. The van der Waals surface area contributed by atoms with Crippen molar-refractivity contribution in [1.29, 1.82) is 0 Å².